The fourth-order valence-corrected chi connectivity index (χ4v) is 2.01. The normalized spacial score (nSPS) is 18.5. The predicted molar refractivity (Wildman–Crippen MR) is 62.3 cm³/mol. The van der Waals surface area contributed by atoms with Crippen LogP contribution >= 0.6 is 0 Å². The average Bonchev–Trinajstić information content (AvgIpc) is 2.30. The van der Waals surface area contributed by atoms with Gasteiger partial charge in [0.15, 0.2) is 0 Å². The molecule has 5 heteroatoms. The van der Waals surface area contributed by atoms with Gasteiger partial charge in [-0.3, -0.25) is 9.59 Å². The molecular weight excluding hydrogens is 222 g/mol. The van der Waals surface area contributed by atoms with Crippen LogP contribution in [0.5, 0.6) is 0 Å². The number of hydrogen-bond donors (Lipinski definition) is 2. The Kier molecular flexibility index (Phi) is 5.97. The van der Waals surface area contributed by atoms with Crippen molar-refractivity contribution in [3.05, 3.63) is 0 Å². The molecule has 5 nitrogen and oxygen atoms in total. The predicted octanol–water partition coefficient (Wildman–Crippen LogP) is 0.749. The average molecular weight is 243 g/mol. The van der Waals surface area contributed by atoms with Gasteiger partial charge in [-0.1, -0.05) is 19.3 Å². The van der Waals surface area contributed by atoms with Gasteiger partial charge in [-0.05, 0) is 19.8 Å². The fourth-order valence-electron chi connectivity index (χ4n) is 2.01. The first kappa shape index (κ1) is 14.0. The zero-order chi connectivity index (χ0) is 12.7. The molecule has 1 amide bonds. The molecule has 0 saturated heterocycles. The van der Waals surface area contributed by atoms with Crippen molar-refractivity contribution in [2.45, 2.75) is 57.6 Å². The number of carbonyl (C=O) groups excluding carboxylic acids is 2. The summed E-state index contributed by atoms with van der Waals surface area (Å²) in [6, 6.07) is 0.146. The lowest BCUT2D eigenvalue weighted by Crippen LogP contribution is -2.43. The summed E-state index contributed by atoms with van der Waals surface area (Å²) in [7, 11) is 0. The van der Waals surface area contributed by atoms with Crippen molar-refractivity contribution >= 4 is 11.9 Å². The number of hydrogen-bond acceptors (Lipinski definition) is 4. The highest BCUT2D eigenvalue weighted by Gasteiger charge is 2.23. The Morgan fingerprint density at radius 2 is 2.00 bits per heavy atom. The molecule has 0 radical (unpaired) electrons. The number of ether oxygens (including phenoxy) is 1. The van der Waals surface area contributed by atoms with Crippen LogP contribution in [0.3, 0.4) is 0 Å². The number of rotatable bonds is 5. The summed E-state index contributed by atoms with van der Waals surface area (Å²) in [6.45, 7) is 1.95. The number of esters is 1. The quantitative estimate of drug-likeness (QED) is 0.699. The van der Waals surface area contributed by atoms with Crippen LogP contribution in [-0.2, 0) is 14.3 Å². The van der Waals surface area contributed by atoms with Crippen molar-refractivity contribution in [3.8, 4) is 0 Å². The van der Waals surface area contributed by atoms with Crippen molar-refractivity contribution in [1.29, 1.82) is 0 Å². The van der Waals surface area contributed by atoms with E-state index in [1.807, 2.05) is 0 Å². The van der Waals surface area contributed by atoms with Gasteiger partial charge in [0, 0.05) is 6.04 Å². The molecule has 1 atom stereocenters. The molecule has 0 spiro atoms. The third-order valence-corrected chi connectivity index (χ3v) is 2.92. The summed E-state index contributed by atoms with van der Waals surface area (Å²) < 4.78 is 4.67. The summed E-state index contributed by atoms with van der Waals surface area (Å²) in [4.78, 5) is 22.7. The van der Waals surface area contributed by atoms with E-state index in [1.165, 1.54) is 6.42 Å². The van der Waals surface area contributed by atoms with Crippen LogP contribution in [-0.4, -0.2) is 35.7 Å². The van der Waals surface area contributed by atoms with Crippen LogP contribution in [0.4, 0.5) is 0 Å². The molecule has 17 heavy (non-hydrogen) atoms. The Morgan fingerprint density at radius 3 is 2.59 bits per heavy atom. The zero-order valence-electron chi connectivity index (χ0n) is 10.3. The molecule has 1 saturated carbocycles. The summed E-state index contributed by atoms with van der Waals surface area (Å²) in [5, 5.41) is 12.3. The van der Waals surface area contributed by atoms with Crippen molar-refractivity contribution in [1.82, 2.24) is 5.32 Å². The Morgan fingerprint density at radius 1 is 1.35 bits per heavy atom. The van der Waals surface area contributed by atoms with Crippen molar-refractivity contribution in [2.24, 2.45) is 0 Å². The lowest BCUT2D eigenvalue weighted by atomic mass is 9.95. The Labute approximate surface area is 102 Å². The Hall–Kier alpha value is -1.10. The van der Waals surface area contributed by atoms with E-state index in [1.54, 1.807) is 6.92 Å². The van der Waals surface area contributed by atoms with Crippen LogP contribution < -0.4 is 5.32 Å². The third-order valence-electron chi connectivity index (χ3n) is 2.92. The van der Waals surface area contributed by atoms with E-state index in [-0.39, 0.29) is 19.1 Å². The van der Waals surface area contributed by atoms with Crippen LogP contribution in [0.2, 0.25) is 0 Å². The lowest BCUT2D eigenvalue weighted by molar-refractivity contribution is -0.148. The maximum Gasteiger partial charge on any atom is 0.308 e. The summed E-state index contributed by atoms with van der Waals surface area (Å²) in [6.07, 6.45) is 3.77. The molecule has 1 rings (SSSR count). The van der Waals surface area contributed by atoms with Crippen LogP contribution in [0.25, 0.3) is 0 Å². The van der Waals surface area contributed by atoms with Crippen molar-refractivity contribution < 1.29 is 19.4 Å². The van der Waals surface area contributed by atoms with Gasteiger partial charge in [-0.15, -0.1) is 0 Å². The second-order valence-corrected chi connectivity index (χ2v) is 4.37. The highest BCUT2D eigenvalue weighted by Crippen LogP contribution is 2.17. The van der Waals surface area contributed by atoms with Gasteiger partial charge in [0.25, 0.3) is 0 Å². The Bertz CT molecular complexity index is 261. The first-order valence-corrected chi connectivity index (χ1v) is 6.27. The van der Waals surface area contributed by atoms with Gasteiger partial charge >= 0.3 is 5.97 Å². The van der Waals surface area contributed by atoms with E-state index in [2.05, 4.69) is 10.1 Å². The number of amides is 1. The van der Waals surface area contributed by atoms with Gasteiger partial charge in [0.05, 0.1) is 13.0 Å². The van der Waals surface area contributed by atoms with Crippen LogP contribution in [0, 0.1) is 0 Å². The molecule has 1 aliphatic carbocycles. The van der Waals surface area contributed by atoms with E-state index in [4.69, 9.17) is 0 Å². The SMILES string of the molecule is CCOC(=O)C[C@@H](O)C(=O)NC1CCCCC1. The highest BCUT2D eigenvalue weighted by molar-refractivity contribution is 5.85. The molecule has 1 aliphatic rings. The topological polar surface area (TPSA) is 75.6 Å². The fraction of sp³-hybridized carbons (Fsp3) is 0.833. The van der Waals surface area contributed by atoms with E-state index >= 15 is 0 Å². The minimum absolute atomic E-state index is 0.146. The first-order valence-electron chi connectivity index (χ1n) is 6.27. The Balaban J connectivity index is 2.28. The van der Waals surface area contributed by atoms with Gasteiger partial charge in [0.2, 0.25) is 5.91 Å². The summed E-state index contributed by atoms with van der Waals surface area (Å²) in [5.74, 6) is -1.01. The molecule has 98 valence electrons. The number of carbonyl (C=O) groups is 2. The lowest BCUT2D eigenvalue weighted by Gasteiger charge is -2.23. The molecular formula is C12H21NO4. The smallest absolute Gasteiger partial charge is 0.308 e. The third kappa shape index (κ3) is 5.17. The largest absolute Gasteiger partial charge is 0.466 e. The van der Waals surface area contributed by atoms with E-state index in [0.717, 1.165) is 25.7 Å². The first-order chi connectivity index (χ1) is 8.13. The molecule has 0 heterocycles. The minimum atomic E-state index is -1.30. The van der Waals surface area contributed by atoms with Crippen LogP contribution in [0.1, 0.15) is 45.4 Å². The number of aliphatic hydroxyl groups is 1. The molecule has 0 unspecified atom stereocenters. The number of aliphatic hydroxyl groups excluding tert-OH is 1. The highest BCUT2D eigenvalue weighted by atomic mass is 16.5. The van der Waals surface area contributed by atoms with Gasteiger partial charge < -0.3 is 15.2 Å². The standard InChI is InChI=1S/C12H21NO4/c1-2-17-11(15)8-10(14)12(16)13-9-6-4-3-5-7-9/h9-10,14H,2-8H2,1H3,(H,13,16)/t10-/m1/s1. The molecule has 1 fully saturated rings. The molecule has 0 bridgehead atoms. The van der Waals surface area contributed by atoms with Gasteiger partial charge in [-0.25, -0.2) is 0 Å². The molecule has 0 aliphatic heterocycles. The number of nitrogens with one attached hydrogen (secondary N) is 1. The molecule has 0 aromatic heterocycles. The maximum atomic E-state index is 11.6. The van der Waals surface area contributed by atoms with E-state index in [0.29, 0.717) is 0 Å². The van der Waals surface area contributed by atoms with E-state index < -0.39 is 18.0 Å². The van der Waals surface area contributed by atoms with E-state index in [9.17, 15) is 14.7 Å². The zero-order valence-corrected chi connectivity index (χ0v) is 10.3. The molecule has 0 aromatic carbocycles. The van der Waals surface area contributed by atoms with Gasteiger partial charge in [-0.2, -0.15) is 0 Å². The summed E-state index contributed by atoms with van der Waals surface area (Å²) >= 11 is 0. The maximum absolute atomic E-state index is 11.6. The summed E-state index contributed by atoms with van der Waals surface area (Å²) in [5.41, 5.74) is 0. The van der Waals surface area contributed by atoms with Gasteiger partial charge in [0.1, 0.15) is 6.10 Å². The molecule has 2 N–H and O–H groups in total. The second kappa shape index (κ2) is 7.27. The second-order valence-electron chi connectivity index (χ2n) is 4.37. The molecule has 0 aromatic rings. The van der Waals surface area contributed by atoms with Crippen molar-refractivity contribution in [2.75, 3.05) is 6.61 Å². The monoisotopic (exact) mass is 243 g/mol. The van der Waals surface area contributed by atoms with Crippen LogP contribution in [0.15, 0.2) is 0 Å². The van der Waals surface area contributed by atoms with Crippen molar-refractivity contribution in [3.63, 3.8) is 0 Å². The minimum Gasteiger partial charge on any atom is -0.466 e.